The minimum absolute atomic E-state index is 0.00984. The van der Waals surface area contributed by atoms with Crippen LogP contribution < -0.4 is 10.1 Å². The van der Waals surface area contributed by atoms with Crippen molar-refractivity contribution in [2.24, 2.45) is 0 Å². The Bertz CT molecular complexity index is 600. The quantitative estimate of drug-likeness (QED) is 0.840. The van der Waals surface area contributed by atoms with Crippen molar-refractivity contribution in [2.75, 3.05) is 11.9 Å². The number of ether oxygens (including phenoxy) is 1. The predicted molar refractivity (Wildman–Crippen MR) is 79.5 cm³/mol. The molecule has 1 N–H and O–H groups in total. The molecule has 5 heteroatoms. The van der Waals surface area contributed by atoms with Gasteiger partial charge in [-0.05, 0) is 23.8 Å². The molecule has 0 bridgehead atoms. The van der Waals surface area contributed by atoms with E-state index in [1.54, 1.807) is 0 Å². The molecule has 1 heterocycles. The Morgan fingerprint density at radius 2 is 1.90 bits per heavy atom. The molecule has 0 fully saturated rings. The number of rotatable bonds is 3. The molecule has 1 aliphatic heterocycles. The van der Waals surface area contributed by atoms with Crippen LogP contribution in [0.5, 0.6) is 5.75 Å². The Morgan fingerprint density at radius 3 is 2.60 bits per heavy atom. The van der Waals surface area contributed by atoms with Gasteiger partial charge in [-0.25, -0.2) is 4.39 Å². The number of benzene rings is 2. The largest absolute Gasteiger partial charge is 0.488 e. The average molecular weight is 312 g/mol. The summed E-state index contributed by atoms with van der Waals surface area (Å²) in [5, 5.41) is 3.19. The van der Waals surface area contributed by atoms with Crippen molar-refractivity contribution in [3.8, 4) is 5.75 Å². The average Bonchev–Trinajstić information content (AvgIpc) is 2.85. The zero-order valence-corrected chi connectivity index (χ0v) is 12.0. The van der Waals surface area contributed by atoms with Gasteiger partial charge in [-0.1, -0.05) is 41.4 Å². The Morgan fingerprint density at radius 1 is 1.20 bits per heavy atom. The summed E-state index contributed by atoms with van der Waals surface area (Å²) in [5.74, 6) is 0.331. The lowest BCUT2D eigenvalue weighted by Gasteiger charge is -2.13. The molecule has 0 saturated heterocycles. The molecular formula is C15H12Cl2FNO. The Labute approximate surface area is 126 Å². The summed E-state index contributed by atoms with van der Waals surface area (Å²) in [6, 6.07) is 11.0. The van der Waals surface area contributed by atoms with E-state index in [4.69, 9.17) is 27.9 Å². The topological polar surface area (TPSA) is 21.3 Å². The Hall–Kier alpha value is -1.45. The number of halogens is 3. The van der Waals surface area contributed by atoms with Crippen LogP contribution in [0.2, 0.25) is 10.0 Å². The molecule has 0 aliphatic carbocycles. The molecule has 2 nitrogen and oxygen atoms in total. The molecule has 0 amide bonds. The third-order valence-corrected chi connectivity index (χ3v) is 3.78. The van der Waals surface area contributed by atoms with E-state index in [1.807, 2.05) is 18.2 Å². The van der Waals surface area contributed by atoms with Crippen LogP contribution in [0.3, 0.4) is 0 Å². The highest BCUT2D eigenvalue weighted by atomic mass is 35.5. The van der Waals surface area contributed by atoms with Crippen LogP contribution in [-0.4, -0.2) is 12.6 Å². The third kappa shape index (κ3) is 2.69. The lowest BCUT2D eigenvalue weighted by atomic mass is 10.1. The van der Waals surface area contributed by atoms with E-state index in [-0.39, 0.29) is 16.1 Å². The van der Waals surface area contributed by atoms with Crippen LogP contribution in [0, 0.1) is 5.82 Å². The molecular weight excluding hydrogens is 300 g/mol. The molecule has 20 heavy (non-hydrogen) atoms. The Kier molecular flexibility index (Phi) is 3.72. The lowest BCUT2D eigenvalue weighted by Crippen LogP contribution is -2.23. The van der Waals surface area contributed by atoms with Crippen LogP contribution in [0.15, 0.2) is 36.4 Å². The normalized spacial score (nSPS) is 16.6. The molecule has 3 rings (SSSR count). The highest BCUT2D eigenvalue weighted by Crippen LogP contribution is 2.30. The summed E-state index contributed by atoms with van der Waals surface area (Å²) in [6.45, 7) is 0.604. The molecule has 1 aliphatic rings. The standard InChI is InChI=1S/C15H12Cl2FNO/c16-12-6-10(7-13(17)15(12)18)19-8-11-5-9-3-1-2-4-14(9)20-11/h1-4,6-7,11,19H,5,8H2. The van der Waals surface area contributed by atoms with Gasteiger partial charge in [-0.3, -0.25) is 0 Å². The summed E-state index contributed by atoms with van der Waals surface area (Å²) in [7, 11) is 0. The SMILES string of the molecule is Fc1c(Cl)cc(NCC2Cc3ccccc3O2)cc1Cl. The van der Waals surface area contributed by atoms with Gasteiger partial charge in [0.15, 0.2) is 5.82 Å². The van der Waals surface area contributed by atoms with E-state index >= 15 is 0 Å². The number of fused-ring (bicyclic) bond motifs is 1. The molecule has 2 aromatic rings. The summed E-state index contributed by atoms with van der Waals surface area (Å²) in [6.07, 6.45) is 0.904. The number of hydrogen-bond donors (Lipinski definition) is 1. The van der Waals surface area contributed by atoms with Crippen LogP contribution >= 0.6 is 23.2 Å². The second-order valence-electron chi connectivity index (χ2n) is 4.69. The summed E-state index contributed by atoms with van der Waals surface area (Å²) in [5.41, 5.74) is 1.88. The van der Waals surface area contributed by atoms with E-state index in [0.717, 1.165) is 12.2 Å². The van der Waals surface area contributed by atoms with Gasteiger partial charge in [0, 0.05) is 12.1 Å². The second kappa shape index (κ2) is 5.51. The minimum Gasteiger partial charge on any atom is -0.488 e. The number of nitrogens with one attached hydrogen (secondary N) is 1. The summed E-state index contributed by atoms with van der Waals surface area (Å²) < 4.78 is 19.1. The minimum atomic E-state index is -0.594. The van der Waals surface area contributed by atoms with E-state index in [0.29, 0.717) is 12.2 Å². The fourth-order valence-corrected chi connectivity index (χ4v) is 2.74. The van der Waals surface area contributed by atoms with Crippen molar-refractivity contribution in [3.63, 3.8) is 0 Å². The summed E-state index contributed by atoms with van der Waals surface area (Å²) in [4.78, 5) is 0. The highest BCUT2D eigenvalue weighted by molar-refractivity contribution is 6.35. The lowest BCUT2D eigenvalue weighted by molar-refractivity contribution is 0.246. The van der Waals surface area contributed by atoms with Gasteiger partial charge >= 0.3 is 0 Å². The zero-order valence-electron chi connectivity index (χ0n) is 10.5. The molecule has 104 valence electrons. The van der Waals surface area contributed by atoms with Crippen LogP contribution in [0.1, 0.15) is 5.56 Å². The molecule has 2 aromatic carbocycles. The van der Waals surface area contributed by atoms with E-state index in [2.05, 4.69) is 11.4 Å². The maximum atomic E-state index is 13.3. The van der Waals surface area contributed by atoms with Crippen molar-refractivity contribution in [1.29, 1.82) is 0 Å². The third-order valence-electron chi connectivity index (χ3n) is 3.23. The maximum absolute atomic E-state index is 13.3. The molecule has 0 saturated carbocycles. The van der Waals surface area contributed by atoms with Crippen molar-refractivity contribution in [3.05, 3.63) is 57.8 Å². The van der Waals surface area contributed by atoms with Gasteiger partial charge in [0.2, 0.25) is 0 Å². The first kappa shape index (κ1) is 13.5. The summed E-state index contributed by atoms with van der Waals surface area (Å²) >= 11 is 11.5. The molecule has 0 radical (unpaired) electrons. The van der Waals surface area contributed by atoms with Gasteiger partial charge in [-0.2, -0.15) is 0 Å². The van der Waals surface area contributed by atoms with Crippen molar-refractivity contribution >= 4 is 28.9 Å². The van der Waals surface area contributed by atoms with Crippen molar-refractivity contribution < 1.29 is 9.13 Å². The van der Waals surface area contributed by atoms with Crippen LogP contribution in [0.4, 0.5) is 10.1 Å². The van der Waals surface area contributed by atoms with Gasteiger partial charge < -0.3 is 10.1 Å². The smallest absolute Gasteiger partial charge is 0.160 e. The van der Waals surface area contributed by atoms with Crippen molar-refractivity contribution in [1.82, 2.24) is 0 Å². The number of para-hydroxylation sites is 1. The van der Waals surface area contributed by atoms with E-state index in [1.165, 1.54) is 17.7 Å². The fourth-order valence-electron chi connectivity index (χ4n) is 2.26. The first-order valence-electron chi connectivity index (χ1n) is 6.26. The Balaban J connectivity index is 1.64. The van der Waals surface area contributed by atoms with Gasteiger partial charge in [0.05, 0.1) is 16.6 Å². The van der Waals surface area contributed by atoms with E-state index < -0.39 is 5.82 Å². The molecule has 1 atom stereocenters. The van der Waals surface area contributed by atoms with Gasteiger partial charge in [0.1, 0.15) is 11.9 Å². The van der Waals surface area contributed by atoms with E-state index in [9.17, 15) is 4.39 Å². The van der Waals surface area contributed by atoms with Crippen LogP contribution in [0.25, 0.3) is 0 Å². The molecule has 1 unspecified atom stereocenters. The molecule has 0 spiro atoms. The molecule has 0 aromatic heterocycles. The predicted octanol–water partition coefficient (Wildman–Crippen LogP) is 4.55. The number of hydrogen-bond acceptors (Lipinski definition) is 2. The highest BCUT2D eigenvalue weighted by Gasteiger charge is 2.22. The van der Waals surface area contributed by atoms with Crippen LogP contribution in [-0.2, 0) is 6.42 Å². The van der Waals surface area contributed by atoms with Crippen molar-refractivity contribution in [2.45, 2.75) is 12.5 Å². The maximum Gasteiger partial charge on any atom is 0.160 e. The number of anilines is 1. The van der Waals surface area contributed by atoms with Gasteiger partial charge in [-0.15, -0.1) is 0 Å². The fraction of sp³-hybridized carbons (Fsp3) is 0.200. The first-order chi connectivity index (χ1) is 9.63. The first-order valence-corrected chi connectivity index (χ1v) is 7.02. The zero-order chi connectivity index (χ0) is 14.1. The van der Waals surface area contributed by atoms with Gasteiger partial charge in [0.25, 0.3) is 0 Å². The second-order valence-corrected chi connectivity index (χ2v) is 5.50. The monoisotopic (exact) mass is 311 g/mol.